The van der Waals surface area contributed by atoms with Crippen molar-refractivity contribution in [2.75, 3.05) is 10.6 Å². The summed E-state index contributed by atoms with van der Waals surface area (Å²) in [6.45, 7) is 0. The lowest BCUT2D eigenvalue weighted by Gasteiger charge is -2.35. The van der Waals surface area contributed by atoms with E-state index >= 15 is 0 Å². The van der Waals surface area contributed by atoms with Crippen LogP contribution in [0, 0.1) is 0 Å². The number of benzene rings is 3. The molecule has 0 saturated heterocycles. The van der Waals surface area contributed by atoms with Crippen molar-refractivity contribution in [2.24, 2.45) is 0 Å². The average Bonchev–Trinajstić information content (AvgIpc) is 3.00. The van der Waals surface area contributed by atoms with Crippen LogP contribution in [0.25, 0.3) is 10.8 Å². The van der Waals surface area contributed by atoms with Crippen molar-refractivity contribution in [2.45, 2.75) is 5.41 Å². The summed E-state index contributed by atoms with van der Waals surface area (Å²) in [5, 5.41) is 7.91. The van der Waals surface area contributed by atoms with Crippen LogP contribution in [0.1, 0.15) is 16.7 Å². The SMILES string of the molecule is O=C1Nc2ccc3ccccc3c2C12c1ccccc1Nc1[nH]c(=O)[nH]c(=O)c12. The van der Waals surface area contributed by atoms with E-state index in [9.17, 15) is 14.4 Å². The van der Waals surface area contributed by atoms with Crippen LogP contribution in [0.4, 0.5) is 17.2 Å². The first-order valence-electron chi connectivity index (χ1n) is 9.18. The van der Waals surface area contributed by atoms with Crippen LogP contribution < -0.4 is 21.9 Å². The van der Waals surface area contributed by atoms with E-state index in [1.54, 1.807) is 0 Å². The van der Waals surface area contributed by atoms with Gasteiger partial charge in [0, 0.05) is 22.5 Å². The number of nitrogens with one attached hydrogen (secondary N) is 4. The summed E-state index contributed by atoms with van der Waals surface area (Å²) in [5.74, 6) is -0.0926. The molecule has 0 saturated carbocycles. The normalized spacial score (nSPS) is 18.7. The number of amides is 1. The molecule has 1 unspecified atom stereocenters. The molecule has 3 aromatic carbocycles. The van der Waals surface area contributed by atoms with Crippen molar-refractivity contribution in [3.63, 3.8) is 0 Å². The van der Waals surface area contributed by atoms with Crippen molar-refractivity contribution >= 4 is 33.9 Å². The Kier molecular flexibility index (Phi) is 2.86. The fraction of sp³-hybridized carbons (Fsp3) is 0.0455. The third kappa shape index (κ3) is 1.84. The molecule has 140 valence electrons. The van der Waals surface area contributed by atoms with Gasteiger partial charge >= 0.3 is 5.69 Å². The van der Waals surface area contributed by atoms with Crippen molar-refractivity contribution in [3.8, 4) is 0 Å². The Morgan fingerprint density at radius 1 is 0.690 bits per heavy atom. The molecule has 7 heteroatoms. The summed E-state index contributed by atoms with van der Waals surface area (Å²) in [6, 6.07) is 18.9. The summed E-state index contributed by atoms with van der Waals surface area (Å²) < 4.78 is 0. The minimum atomic E-state index is -1.38. The zero-order valence-electron chi connectivity index (χ0n) is 15.0. The lowest BCUT2D eigenvalue weighted by Crippen LogP contribution is -2.46. The van der Waals surface area contributed by atoms with E-state index < -0.39 is 16.7 Å². The van der Waals surface area contributed by atoms with Gasteiger partial charge in [0.05, 0.1) is 5.56 Å². The highest BCUT2D eigenvalue weighted by Gasteiger charge is 2.56. The van der Waals surface area contributed by atoms with E-state index in [4.69, 9.17) is 0 Å². The first kappa shape index (κ1) is 15.9. The summed E-state index contributed by atoms with van der Waals surface area (Å²) in [5.41, 5.74) is 0.271. The molecule has 2 aliphatic rings. The van der Waals surface area contributed by atoms with Gasteiger partial charge in [-0.15, -0.1) is 0 Å². The Bertz CT molecular complexity index is 1480. The van der Waals surface area contributed by atoms with Gasteiger partial charge in [-0.05, 0) is 22.9 Å². The third-order valence-electron chi connectivity index (χ3n) is 5.80. The van der Waals surface area contributed by atoms with Gasteiger partial charge in [0.15, 0.2) is 0 Å². The Morgan fingerprint density at radius 2 is 1.48 bits per heavy atom. The molecule has 0 aliphatic carbocycles. The molecule has 29 heavy (non-hydrogen) atoms. The van der Waals surface area contributed by atoms with Gasteiger partial charge in [0.25, 0.3) is 5.56 Å². The first-order valence-corrected chi connectivity index (χ1v) is 9.18. The van der Waals surface area contributed by atoms with Gasteiger partial charge in [-0.3, -0.25) is 19.6 Å². The number of anilines is 3. The molecule has 1 spiro atoms. The molecular formula is C22H14N4O3. The highest BCUT2D eigenvalue weighted by atomic mass is 16.2. The number of carbonyl (C=O) groups excluding carboxylic acids is 1. The second-order valence-corrected chi connectivity index (χ2v) is 7.24. The summed E-state index contributed by atoms with van der Waals surface area (Å²) >= 11 is 0. The van der Waals surface area contributed by atoms with E-state index in [0.717, 1.165) is 10.8 Å². The summed E-state index contributed by atoms with van der Waals surface area (Å²) in [7, 11) is 0. The monoisotopic (exact) mass is 382 g/mol. The Balaban J connectivity index is 1.88. The molecule has 3 heterocycles. The molecule has 7 nitrogen and oxygen atoms in total. The van der Waals surface area contributed by atoms with Crippen molar-refractivity contribution in [1.29, 1.82) is 0 Å². The molecule has 0 radical (unpaired) electrons. The zero-order chi connectivity index (χ0) is 19.8. The lowest BCUT2D eigenvalue weighted by molar-refractivity contribution is -0.118. The number of hydrogen-bond acceptors (Lipinski definition) is 4. The molecule has 2 aliphatic heterocycles. The highest BCUT2D eigenvalue weighted by Crippen LogP contribution is 2.54. The predicted molar refractivity (Wildman–Crippen MR) is 110 cm³/mol. The fourth-order valence-electron chi connectivity index (χ4n) is 4.73. The second-order valence-electron chi connectivity index (χ2n) is 7.24. The first-order chi connectivity index (χ1) is 14.1. The van der Waals surface area contributed by atoms with Crippen molar-refractivity contribution in [3.05, 3.63) is 98.2 Å². The topological polar surface area (TPSA) is 107 Å². The smallest absolute Gasteiger partial charge is 0.327 e. The van der Waals surface area contributed by atoms with Crippen LogP contribution in [0.2, 0.25) is 0 Å². The standard InChI is InChI=1S/C22H14N4O3/c27-19-17-18(25-21(29)26-19)23-14-8-4-3-7-13(14)22(17)16-12-6-2-1-5-11(12)9-10-15(16)24-20(22)28/h1-10H,(H,24,28)(H3,23,25,26,27,29). The number of rotatable bonds is 0. The van der Waals surface area contributed by atoms with E-state index in [1.807, 2.05) is 60.7 Å². The minimum Gasteiger partial charge on any atom is -0.341 e. The highest BCUT2D eigenvalue weighted by molar-refractivity contribution is 6.17. The number of para-hydroxylation sites is 1. The predicted octanol–water partition coefficient (Wildman–Crippen LogP) is 2.56. The third-order valence-corrected chi connectivity index (χ3v) is 5.80. The molecular weight excluding hydrogens is 368 g/mol. The van der Waals surface area contributed by atoms with Gasteiger partial charge < -0.3 is 10.6 Å². The Morgan fingerprint density at radius 3 is 2.38 bits per heavy atom. The molecule has 1 atom stereocenters. The quantitative estimate of drug-likeness (QED) is 0.375. The van der Waals surface area contributed by atoms with Crippen LogP contribution in [-0.4, -0.2) is 15.9 Å². The molecule has 4 aromatic rings. The molecule has 0 bridgehead atoms. The van der Waals surface area contributed by atoms with Gasteiger partial charge in [-0.25, -0.2) is 4.79 Å². The Hall–Kier alpha value is -4.13. The van der Waals surface area contributed by atoms with Crippen LogP contribution in [0.5, 0.6) is 0 Å². The maximum absolute atomic E-state index is 13.6. The minimum absolute atomic E-state index is 0.184. The maximum atomic E-state index is 13.6. The van der Waals surface area contributed by atoms with Gasteiger partial charge in [0.2, 0.25) is 5.91 Å². The van der Waals surface area contributed by atoms with Crippen LogP contribution >= 0.6 is 0 Å². The van der Waals surface area contributed by atoms with E-state index in [2.05, 4.69) is 20.6 Å². The molecule has 6 rings (SSSR count). The van der Waals surface area contributed by atoms with Gasteiger partial charge in [0.1, 0.15) is 11.2 Å². The molecule has 0 fully saturated rings. The second kappa shape index (κ2) is 5.23. The lowest BCUT2D eigenvalue weighted by atomic mass is 9.67. The number of aromatic nitrogens is 2. The number of H-pyrrole nitrogens is 2. The number of aromatic amines is 2. The Labute approximate surface area is 163 Å². The fourth-order valence-corrected chi connectivity index (χ4v) is 4.73. The largest absolute Gasteiger partial charge is 0.341 e. The summed E-state index contributed by atoms with van der Waals surface area (Å²) in [4.78, 5) is 43.6. The molecule has 1 aromatic heterocycles. The number of hydrogen-bond donors (Lipinski definition) is 4. The maximum Gasteiger partial charge on any atom is 0.327 e. The number of carbonyl (C=O) groups is 1. The number of fused-ring (bicyclic) bond motifs is 8. The van der Waals surface area contributed by atoms with Crippen molar-refractivity contribution in [1.82, 2.24) is 9.97 Å². The van der Waals surface area contributed by atoms with E-state index in [0.29, 0.717) is 22.5 Å². The van der Waals surface area contributed by atoms with Crippen LogP contribution in [0.15, 0.2) is 70.3 Å². The molecule has 4 N–H and O–H groups in total. The van der Waals surface area contributed by atoms with Gasteiger partial charge in [-0.2, -0.15) is 0 Å². The van der Waals surface area contributed by atoms with E-state index in [1.165, 1.54) is 0 Å². The van der Waals surface area contributed by atoms with Crippen molar-refractivity contribution < 1.29 is 4.79 Å². The van der Waals surface area contributed by atoms with Gasteiger partial charge in [-0.1, -0.05) is 48.5 Å². The zero-order valence-corrected chi connectivity index (χ0v) is 15.0. The van der Waals surface area contributed by atoms with Crippen LogP contribution in [0.3, 0.4) is 0 Å². The van der Waals surface area contributed by atoms with E-state index in [-0.39, 0.29) is 17.3 Å². The van der Waals surface area contributed by atoms with Crippen LogP contribution in [-0.2, 0) is 10.2 Å². The average molecular weight is 382 g/mol. The summed E-state index contributed by atoms with van der Waals surface area (Å²) in [6.07, 6.45) is 0. The molecule has 1 amide bonds.